The molecule has 0 radical (unpaired) electrons. The van der Waals surface area contributed by atoms with E-state index in [0.29, 0.717) is 0 Å². The van der Waals surface area contributed by atoms with Gasteiger partial charge in [-0.15, -0.1) is 0 Å². The number of ether oxygens (including phenoxy) is 2. The standard InChI is InChI=1S/C15H12O7S.Na/c1-21-14(16)10-6-8-11(9-7-10)15(17)22-12-4-2-3-5-13(12)23(18,19)20;/h2-9H,1H3,(H,18,19,20);/q;+1/p-1. The molecule has 2 rings (SSSR count). The van der Waals surface area contributed by atoms with Crippen molar-refractivity contribution in [1.82, 2.24) is 0 Å². The van der Waals surface area contributed by atoms with Crippen molar-refractivity contribution in [2.24, 2.45) is 0 Å². The predicted molar refractivity (Wildman–Crippen MR) is 77.1 cm³/mol. The molecule has 0 saturated heterocycles. The summed E-state index contributed by atoms with van der Waals surface area (Å²) in [5.74, 6) is -1.78. The molecular formula is C15H11NaO7S. The molecule has 0 atom stereocenters. The molecule has 120 valence electrons. The minimum Gasteiger partial charge on any atom is -0.744 e. The third-order valence-electron chi connectivity index (χ3n) is 2.86. The summed E-state index contributed by atoms with van der Waals surface area (Å²) in [7, 11) is -3.54. The van der Waals surface area contributed by atoms with Crippen molar-refractivity contribution in [3.05, 3.63) is 59.7 Å². The van der Waals surface area contributed by atoms with Crippen molar-refractivity contribution >= 4 is 22.1 Å². The monoisotopic (exact) mass is 358 g/mol. The number of methoxy groups -OCH3 is 1. The summed E-state index contributed by atoms with van der Waals surface area (Å²) < 4.78 is 42.9. The minimum absolute atomic E-state index is 0. The first-order valence-electron chi connectivity index (χ1n) is 6.28. The molecule has 0 amide bonds. The van der Waals surface area contributed by atoms with Gasteiger partial charge < -0.3 is 14.0 Å². The fourth-order valence-corrected chi connectivity index (χ4v) is 2.36. The molecule has 0 bridgehead atoms. The molecule has 0 aliphatic rings. The van der Waals surface area contributed by atoms with E-state index in [9.17, 15) is 22.6 Å². The Morgan fingerprint density at radius 1 is 0.917 bits per heavy atom. The largest absolute Gasteiger partial charge is 1.00 e. The van der Waals surface area contributed by atoms with Gasteiger partial charge in [-0.1, -0.05) is 12.1 Å². The fourth-order valence-electron chi connectivity index (χ4n) is 1.76. The molecule has 0 N–H and O–H groups in total. The fraction of sp³-hybridized carbons (Fsp3) is 0.0667. The second-order valence-corrected chi connectivity index (χ2v) is 5.71. The predicted octanol–water partition coefficient (Wildman–Crippen LogP) is -1.40. The Morgan fingerprint density at radius 2 is 1.42 bits per heavy atom. The summed E-state index contributed by atoms with van der Waals surface area (Å²) >= 11 is 0. The van der Waals surface area contributed by atoms with Crippen LogP contribution in [0.2, 0.25) is 0 Å². The smallest absolute Gasteiger partial charge is 0.744 e. The maximum absolute atomic E-state index is 12.0. The molecular weight excluding hydrogens is 347 g/mol. The van der Waals surface area contributed by atoms with Gasteiger partial charge in [-0.2, -0.15) is 0 Å². The average Bonchev–Trinajstić information content (AvgIpc) is 2.53. The number of carbonyl (C=O) groups is 2. The summed E-state index contributed by atoms with van der Waals surface area (Å²) in [4.78, 5) is 22.7. The van der Waals surface area contributed by atoms with Crippen LogP contribution >= 0.6 is 0 Å². The summed E-state index contributed by atoms with van der Waals surface area (Å²) in [6.07, 6.45) is 0. The zero-order chi connectivity index (χ0) is 17.0. The van der Waals surface area contributed by atoms with Crippen LogP contribution in [0.25, 0.3) is 0 Å². The van der Waals surface area contributed by atoms with Gasteiger partial charge in [-0.25, -0.2) is 18.0 Å². The Hall–Kier alpha value is -1.71. The van der Waals surface area contributed by atoms with Crippen molar-refractivity contribution in [3.63, 3.8) is 0 Å². The maximum Gasteiger partial charge on any atom is 1.00 e. The number of esters is 2. The molecule has 0 aliphatic heterocycles. The van der Waals surface area contributed by atoms with E-state index >= 15 is 0 Å². The molecule has 9 heteroatoms. The van der Waals surface area contributed by atoms with Crippen LogP contribution in [0.1, 0.15) is 20.7 Å². The van der Waals surface area contributed by atoms with Crippen LogP contribution in [0.3, 0.4) is 0 Å². The van der Waals surface area contributed by atoms with Gasteiger partial charge in [0.25, 0.3) is 0 Å². The van der Waals surface area contributed by atoms with Gasteiger partial charge in [0.2, 0.25) is 0 Å². The zero-order valence-corrected chi connectivity index (χ0v) is 15.7. The van der Waals surface area contributed by atoms with Gasteiger partial charge in [-0.05, 0) is 36.4 Å². The minimum atomic E-state index is -4.77. The molecule has 0 unspecified atom stereocenters. The second-order valence-electron chi connectivity index (χ2n) is 4.36. The number of benzene rings is 2. The van der Waals surface area contributed by atoms with Crippen molar-refractivity contribution in [1.29, 1.82) is 0 Å². The summed E-state index contributed by atoms with van der Waals surface area (Å²) in [5, 5.41) is 0. The number of rotatable bonds is 4. The Balaban J connectivity index is 0.00000288. The second kappa shape index (κ2) is 8.41. The van der Waals surface area contributed by atoms with E-state index in [1.807, 2.05) is 0 Å². The Labute approximate surface area is 160 Å². The molecule has 0 aromatic heterocycles. The van der Waals surface area contributed by atoms with Crippen molar-refractivity contribution in [2.75, 3.05) is 7.11 Å². The molecule has 7 nitrogen and oxygen atoms in total. The van der Waals surface area contributed by atoms with Crippen LogP contribution in [-0.4, -0.2) is 32.0 Å². The topological polar surface area (TPSA) is 110 Å². The van der Waals surface area contributed by atoms with Gasteiger partial charge in [-0.3, -0.25) is 0 Å². The van der Waals surface area contributed by atoms with E-state index in [1.165, 1.54) is 49.6 Å². The summed E-state index contributed by atoms with van der Waals surface area (Å²) in [5.41, 5.74) is 0.322. The first kappa shape index (κ1) is 20.3. The number of hydrogen-bond acceptors (Lipinski definition) is 7. The van der Waals surface area contributed by atoms with Crippen LogP contribution in [0.5, 0.6) is 5.75 Å². The molecule has 0 aliphatic carbocycles. The molecule has 0 fully saturated rings. The first-order valence-corrected chi connectivity index (χ1v) is 7.69. The zero-order valence-electron chi connectivity index (χ0n) is 12.9. The Morgan fingerprint density at radius 3 is 1.92 bits per heavy atom. The van der Waals surface area contributed by atoms with E-state index < -0.39 is 27.0 Å². The van der Waals surface area contributed by atoms with Crippen LogP contribution in [-0.2, 0) is 14.9 Å². The molecule has 24 heavy (non-hydrogen) atoms. The van der Waals surface area contributed by atoms with Gasteiger partial charge >= 0.3 is 41.5 Å². The Kier molecular flexibility index (Phi) is 7.12. The van der Waals surface area contributed by atoms with E-state index in [1.54, 1.807) is 0 Å². The van der Waals surface area contributed by atoms with E-state index in [0.717, 1.165) is 6.07 Å². The summed E-state index contributed by atoms with van der Waals surface area (Å²) in [6.45, 7) is 0. The Bertz CT molecular complexity index is 844. The summed E-state index contributed by atoms with van der Waals surface area (Å²) in [6, 6.07) is 10.4. The van der Waals surface area contributed by atoms with Crippen molar-refractivity contribution in [3.8, 4) is 5.75 Å². The van der Waals surface area contributed by atoms with Crippen molar-refractivity contribution in [2.45, 2.75) is 4.90 Å². The normalized spacial score (nSPS) is 10.4. The molecule has 2 aromatic carbocycles. The van der Waals surface area contributed by atoms with Gasteiger partial charge in [0.15, 0.2) is 0 Å². The van der Waals surface area contributed by atoms with Crippen LogP contribution in [0.15, 0.2) is 53.4 Å². The number of para-hydroxylation sites is 1. The molecule has 0 heterocycles. The van der Waals surface area contributed by atoms with Crippen LogP contribution in [0, 0.1) is 0 Å². The third kappa shape index (κ3) is 4.89. The molecule has 0 saturated carbocycles. The molecule has 2 aromatic rings. The van der Waals surface area contributed by atoms with Gasteiger partial charge in [0.1, 0.15) is 15.9 Å². The van der Waals surface area contributed by atoms with Crippen molar-refractivity contribution < 1.29 is 61.6 Å². The first-order chi connectivity index (χ1) is 10.8. The quantitative estimate of drug-likeness (QED) is 0.286. The van der Waals surface area contributed by atoms with E-state index in [4.69, 9.17) is 4.74 Å². The number of carbonyl (C=O) groups excluding carboxylic acids is 2. The van der Waals surface area contributed by atoms with Crippen LogP contribution in [0.4, 0.5) is 0 Å². The van der Waals surface area contributed by atoms with Gasteiger partial charge in [0, 0.05) is 0 Å². The van der Waals surface area contributed by atoms with Gasteiger partial charge in [0.05, 0.1) is 23.1 Å². The molecule has 0 spiro atoms. The van der Waals surface area contributed by atoms with E-state index in [2.05, 4.69) is 4.74 Å². The third-order valence-corrected chi connectivity index (χ3v) is 3.74. The van der Waals surface area contributed by atoms with Crippen LogP contribution < -0.4 is 34.3 Å². The average molecular weight is 358 g/mol. The van der Waals surface area contributed by atoms with E-state index in [-0.39, 0.29) is 46.4 Å². The SMILES string of the molecule is COC(=O)c1ccc(C(=O)Oc2ccccc2S(=O)(=O)[O-])cc1.[Na+]. The maximum atomic E-state index is 12.0. The number of hydrogen-bond donors (Lipinski definition) is 0.